The molecule has 0 aliphatic heterocycles. The van der Waals surface area contributed by atoms with Gasteiger partial charge in [-0.2, -0.15) is 11.3 Å². The molecule has 84 valence electrons. The van der Waals surface area contributed by atoms with Crippen LogP contribution in [0.5, 0.6) is 0 Å². The van der Waals surface area contributed by atoms with Gasteiger partial charge in [-0.15, -0.1) is 0 Å². The van der Waals surface area contributed by atoms with Crippen LogP contribution in [0.3, 0.4) is 0 Å². The molecule has 0 aliphatic carbocycles. The van der Waals surface area contributed by atoms with E-state index in [1.54, 1.807) is 23.7 Å². The lowest BCUT2D eigenvalue weighted by Gasteiger charge is -2.12. The number of hydrogen-bond acceptors (Lipinski definition) is 3. The summed E-state index contributed by atoms with van der Waals surface area (Å²) in [5, 5.41) is 14.3. The predicted molar refractivity (Wildman–Crippen MR) is 66.6 cm³/mol. The number of thiophene rings is 1. The summed E-state index contributed by atoms with van der Waals surface area (Å²) >= 11 is 1.70. The van der Waals surface area contributed by atoms with E-state index in [-0.39, 0.29) is 0 Å². The number of pyridine rings is 1. The average Bonchev–Trinajstić information content (AvgIpc) is 2.79. The minimum absolute atomic E-state index is 0.409. The first-order valence-corrected chi connectivity index (χ1v) is 6.31. The van der Waals surface area contributed by atoms with Crippen LogP contribution in [0.4, 0.5) is 0 Å². The SMILES string of the molecule is Cc1ccncc1C(O)CCc1ccsc1. The van der Waals surface area contributed by atoms with E-state index in [2.05, 4.69) is 21.8 Å². The van der Waals surface area contributed by atoms with E-state index in [1.165, 1.54) is 5.56 Å². The van der Waals surface area contributed by atoms with Gasteiger partial charge in [0, 0.05) is 18.0 Å². The molecule has 0 aliphatic rings. The summed E-state index contributed by atoms with van der Waals surface area (Å²) in [4.78, 5) is 4.05. The zero-order valence-corrected chi connectivity index (χ0v) is 10.1. The summed E-state index contributed by atoms with van der Waals surface area (Å²) < 4.78 is 0. The Bertz CT molecular complexity index is 439. The van der Waals surface area contributed by atoms with Gasteiger partial charge >= 0.3 is 0 Å². The number of aliphatic hydroxyl groups is 1. The molecule has 2 heterocycles. The van der Waals surface area contributed by atoms with Crippen molar-refractivity contribution in [3.63, 3.8) is 0 Å². The first kappa shape index (κ1) is 11.3. The summed E-state index contributed by atoms with van der Waals surface area (Å²) in [6, 6.07) is 4.04. The fourth-order valence-electron chi connectivity index (χ4n) is 1.72. The van der Waals surface area contributed by atoms with Gasteiger partial charge in [0.2, 0.25) is 0 Å². The average molecular weight is 233 g/mol. The van der Waals surface area contributed by atoms with Crippen molar-refractivity contribution in [2.24, 2.45) is 0 Å². The van der Waals surface area contributed by atoms with Gasteiger partial charge in [0.1, 0.15) is 0 Å². The van der Waals surface area contributed by atoms with Gasteiger partial charge < -0.3 is 5.11 Å². The van der Waals surface area contributed by atoms with Gasteiger partial charge in [0.15, 0.2) is 0 Å². The van der Waals surface area contributed by atoms with Crippen LogP contribution in [-0.2, 0) is 6.42 Å². The molecule has 0 amide bonds. The molecule has 1 atom stereocenters. The first-order chi connectivity index (χ1) is 7.77. The molecule has 0 saturated heterocycles. The fraction of sp³-hybridized carbons (Fsp3) is 0.308. The van der Waals surface area contributed by atoms with Gasteiger partial charge in [-0.25, -0.2) is 0 Å². The van der Waals surface area contributed by atoms with Crippen molar-refractivity contribution >= 4 is 11.3 Å². The molecule has 16 heavy (non-hydrogen) atoms. The molecular formula is C13H15NOS. The lowest BCUT2D eigenvalue weighted by molar-refractivity contribution is 0.167. The van der Waals surface area contributed by atoms with Crippen LogP contribution in [0.25, 0.3) is 0 Å². The third-order valence-electron chi connectivity index (χ3n) is 2.73. The Morgan fingerprint density at radius 2 is 2.31 bits per heavy atom. The Morgan fingerprint density at radius 1 is 1.44 bits per heavy atom. The molecule has 0 spiro atoms. The molecule has 1 unspecified atom stereocenters. The molecule has 0 aromatic carbocycles. The number of aromatic nitrogens is 1. The minimum Gasteiger partial charge on any atom is -0.388 e. The Balaban J connectivity index is 1.98. The summed E-state index contributed by atoms with van der Waals surface area (Å²) in [7, 11) is 0. The quantitative estimate of drug-likeness (QED) is 0.880. The summed E-state index contributed by atoms with van der Waals surface area (Å²) in [6.45, 7) is 2.00. The molecule has 2 nitrogen and oxygen atoms in total. The third kappa shape index (κ3) is 2.68. The maximum atomic E-state index is 10.1. The van der Waals surface area contributed by atoms with E-state index in [4.69, 9.17) is 0 Å². The van der Waals surface area contributed by atoms with E-state index in [9.17, 15) is 5.11 Å². The highest BCUT2D eigenvalue weighted by atomic mass is 32.1. The molecular weight excluding hydrogens is 218 g/mol. The lowest BCUT2D eigenvalue weighted by Crippen LogP contribution is -2.02. The van der Waals surface area contributed by atoms with Gasteiger partial charge in [-0.1, -0.05) is 0 Å². The van der Waals surface area contributed by atoms with Crippen molar-refractivity contribution in [1.29, 1.82) is 0 Å². The van der Waals surface area contributed by atoms with Crippen LogP contribution in [0.2, 0.25) is 0 Å². The topological polar surface area (TPSA) is 33.1 Å². The van der Waals surface area contributed by atoms with Crippen LogP contribution in [0.15, 0.2) is 35.3 Å². The highest BCUT2D eigenvalue weighted by Gasteiger charge is 2.10. The second kappa shape index (κ2) is 5.23. The van der Waals surface area contributed by atoms with E-state index >= 15 is 0 Å². The number of aryl methyl sites for hydroxylation is 2. The Kier molecular flexibility index (Phi) is 3.70. The summed E-state index contributed by atoms with van der Waals surface area (Å²) in [5.41, 5.74) is 3.34. The molecule has 0 saturated carbocycles. The number of nitrogens with zero attached hydrogens (tertiary/aromatic N) is 1. The summed E-state index contributed by atoms with van der Waals surface area (Å²) in [5.74, 6) is 0. The van der Waals surface area contributed by atoms with E-state index < -0.39 is 6.10 Å². The molecule has 3 heteroatoms. The van der Waals surface area contributed by atoms with Crippen LogP contribution in [-0.4, -0.2) is 10.1 Å². The lowest BCUT2D eigenvalue weighted by atomic mass is 10.0. The van der Waals surface area contributed by atoms with E-state index in [1.807, 2.05) is 13.0 Å². The van der Waals surface area contributed by atoms with Crippen molar-refractivity contribution in [1.82, 2.24) is 4.98 Å². The Morgan fingerprint density at radius 3 is 3.00 bits per heavy atom. The van der Waals surface area contributed by atoms with Crippen LogP contribution < -0.4 is 0 Å². The maximum Gasteiger partial charge on any atom is 0.0810 e. The molecule has 1 N–H and O–H groups in total. The predicted octanol–water partition coefficient (Wildman–Crippen LogP) is 3.12. The molecule has 0 fully saturated rings. The standard InChI is InChI=1S/C13H15NOS/c1-10-4-6-14-8-12(10)13(15)3-2-11-5-7-16-9-11/h4-9,13,15H,2-3H2,1H3. The third-order valence-corrected chi connectivity index (χ3v) is 3.46. The Labute approximate surface area is 99.6 Å². The van der Waals surface area contributed by atoms with Crippen LogP contribution in [0.1, 0.15) is 29.2 Å². The zero-order valence-electron chi connectivity index (χ0n) is 9.26. The van der Waals surface area contributed by atoms with E-state index in [0.717, 1.165) is 24.0 Å². The second-order valence-electron chi connectivity index (χ2n) is 3.92. The molecule has 2 rings (SSSR count). The molecule has 0 radical (unpaired) electrons. The van der Waals surface area contributed by atoms with Crippen molar-refractivity contribution in [2.75, 3.05) is 0 Å². The van der Waals surface area contributed by atoms with E-state index in [0.29, 0.717) is 0 Å². The zero-order chi connectivity index (χ0) is 11.4. The van der Waals surface area contributed by atoms with Gasteiger partial charge in [-0.3, -0.25) is 4.98 Å². The van der Waals surface area contributed by atoms with Crippen molar-refractivity contribution in [3.8, 4) is 0 Å². The van der Waals surface area contributed by atoms with Crippen molar-refractivity contribution in [2.45, 2.75) is 25.9 Å². The Hall–Kier alpha value is -1.19. The number of rotatable bonds is 4. The monoisotopic (exact) mass is 233 g/mol. The molecule has 2 aromatic rings. The minimum atomic E-state index is -0.409. The first-order valence-electron chi connectivity index (χ1n) is 5.37. The van der Waals surface area contributed by atoms with Crippen molar-refractivity contribution < 1.29 is 5.11 Å². The van der Waals surface area contributed by atoms with Gasteiger partial charge in [0.25, 0.3) is 0 Å². The molecule has 0 bridgehead atoms. The number of aliphatic hydroxyl groups excluding tert-OH is 1. The van der Waals surface area contributed by atoms with Gasteiger partial charge in [0.05, 0.1) is 6.10 Å². The second-order valence-corrected chi connectivity index (χ2v) is 4.70. The van der Waals surface area contributed by atoms with Crippen LogP contribution in [0, 0.1) is 6.92 Å². The van der Waals surface area contributed by atoms with Crippen LogP contribution >= 0.6 is 11.3 Å². The fourth-order valence-corrected chi connectivity index (χ4v) is 2.42. The highest BCUT2D eigenvalue weighted by molar-refractivity contribution is 7.07. The largest absolute Gasteiger partial charge is 0.388 e. The normalized spacial score (nSPS) is 12.6. The van der Waals surface area contributed by atoms with Gasteiger partial charge in [-0.05, 0) is 53.8 Å². The van der Waals surface area contributed by atoms with Crippen molar-refractivity contribution in [3.05, 3.63) is 52.0 Å². The number of hydrogen-bond donors (Lipinski definition) is 1. The summed E-state index contributed by atoms with van der Waals surface area (Å²) in [6.07, 6.45) is 4.77. The maximum absolute atomic E-state index is 10.1. The molecule has 2 aromatic heterocycles. The smallest absolute Gasteiger partial charge is 0.0810 e. The highest BCUT2D eigenvalue weighted by Crippen LogP contribution is 2.21.